The van der Waals surface area contributed by atoms with Gasteiger partial charge in [0.2, 0.25) is 0 Å². The van der Waals surface area contributed by atoms with E-state index in [0.717, 1.165) is 148 Å². The van der Waals surface area contributed by atoms with E-state index in [2.05, 4.69) is 167 Å². The summed E-state index contributed by atoms with van der Waals surface area (Å²) in [5, 5.41) is 10.6. The van der Waals surface area contributed by atoms with Crippen LogP contribution < -0.4 is 0 Å². The fourth-order valence-corrected chi connectivity index (χ4v) is 11.3. The molecule has 0 amide bonds. The number of ether oxygens (including phenoxy) is 4. The number of hydrogen-bond donors (Lipinski definition) is 3. The van der Waals surface area contributed by atoms with E-state index in [1.807, 2.05) is 18.2 Å². The number of unbranched alkanes of at least 4 members (excludes halogenated alkanes) is 19. The predicted molar refractivity (Wildman–Crippen MR) is 417 cm³/mol. The van der Waals surface area contributed by atoms with Gasteiger partial charge in [0.25, 0.3) is 0 Å². The lowest BCUT2D eigenvalue weighted by Gasteiger charge is -2.21. The summed E-state index contributed by atoms with van der Waals surface area (Å²) in [4.78, 5) is 72.9. The topological polar surface area (TPSA) is 237 Å². The maximum atomic E-state index is 13.1. The molecule has 0 bridgehead atoms. The molecule has 5 unspecified atom stereocenters. The number of phosphoric ester groups is 2. The highest BCUT2D eigenvalue weighted by Gasteiger charge is 2.30. The van der Waals surface area contributed by atoms with Crippen molar-refractivity contribution < 1.29 is 80.2 Å². The lowest BCUT2D eigenvalue weighted by molar-refractivity contribution is -0.161. The van der Waals surface area contributed by atoms with Crippen molar-refractivity contribution in [2.75, 3.05) is 39.6 Å². The van der Waals surface area contributed by atoms with Crippen LogP contribution in [-0.4, -0.2) is 96.7 Å². The summed E-state index contributed by atoms with van der Waals surface area (Å²) in [5.41, 5.74) is 0. The number of phosphoric acid groups is 2. The second kappa shape index (κ2) is 74.0. The first kappa shape index (κ1) is 96.7. The Hall–Kier alpha value is -5.32. The Labute approximate surface area is 617 Å². The van der Waals surface area contributed by atoms with Gasteiger partial charge in [-0.1, -0.05) is 282 Å². The van der Waals surface area contributed by atoms with Crippen molar-refractivity contribution in [1.29, 1.82) is 0 Å². The average Bonchev–Trinajstić information content (AvgIpc) is 0.924. The van der Waals surface area contributed by atoms with Crippen LogP contribution >= 0.6 is 15.6 Å². The molecule has 0 saturated carbocycles. The third kappa shape index (κ3) is 73.0. The molecule has 580 valence electrons. The number of carbonyl (C=O) groups excluding carboxylic acids is 4. The molecule has 0 aromatic heterocycles. The van der Waals surface area contributed by atoms with Crippen LogP contribution in [0.3, 0.4) is 0 Å². The normalized spacial score (nSPS) is 14.8. The van der Waals surface area contributed by atoms with E-state index in [9.17, 15) is 43.2 Å². The Bertz CT molecular complexity index is 2550. The molecule has 0 rings (SSSR count). The van der Waals surface area contributed by atoms with Gasteiger partial charge in [0.05, 0.1) is 26.4 Å². The first-order valence-corrected chi connectivity index (χ1v) is 41.7. The molecule has 0 aliphatic rings. The van der Waals surface area contributed by atoms with Crippen LogP contribution in [0.5, 0.6) is 0 Å². The molecule has 0 saturated heterocycles. The standard InChI is InChI=1S/C83H136O17P2/c1-5-9-13-17-21-25-29-33-36-37-38-39-42-45-48-52-56-60-64-68-81(86)94-74-79(100-83(88)70-66-62-58-54-50-46-41-35-31-27-23-19-15-11-7-3)76-98-102(91,92)96-72-77(84)71-95-101(89,90)97-75-78(99-82(87)69-65-61-57-53-49-43-32-28-24-20-16-12-8-4)73-93-80(85)67-63-59-55-51-47-44-40-34-30-26-22-18-14-10-6-2/h9-11,13-15,21-23,25-27,33-36,38-41,45,47-48,51,56,60,77-79,84H,5-8,12,16-20,24,28-32,37,42-44,46,49-50,52-55,57-59,61-76H2,1-4H3,(H,89,90)(H,91,92)/b13-9-,14-10-,15-11-,25-21-,26-22-,27-23-,36-33-,39-38-,40-34-,41-35-,48-45-,51-47-,60-56-. The SMILES string of the molecule is CC/C=C\C/C=C\C/C=C\C/C=C\C/C=C\C/C=C\CCC(=O)OCC(COP(=O)(O)OCC(O)COP(=O)(O)OCC(COC(=O)CCCC/C=C\C/C=C\C/C=C\C/C=C\CC)OC(=O)CCCCCCCCCCCCCCC)OC(=O)CCCCCCC/C=C\C/C=C\C/C=C\CC. The molecule has 0 aromatic rings. The molecule has 0 fully saturated rings. The molecule has 0 aliphatic carbocycles. The zero-order valence-electron chi connectivity index (χ0n) is 63.2. The van der Waals surface area contributed by atoms with Gasteiger partial charge in [-0.15, -0.1) is 0 Å². The number of allylic oxidation sites excluding steroid dienone is 26. The molecule has 17 nitrogen and oxygen atoms in total. The van der Waals surface area contributed by atoms with Crippen molar-refractivity contribution in [3.8, 4) is 0 Å². The quantitative estimate of drug-likeness (QED) is 0.0169. The Balaban J connectivity index is 5.47. The van der Waals surface area contributed by atoms with Gasteiger partial charge >= 0.3 is 39.5 Å². The highest BCUT2D eigenvalue weighted by atomic mass is 31.2. The highest BCUT2D eigenvalue weighted by molar-refractivity contribution is 7.47. The molecule has 102 heavy (non-hydrogen) atoms. The fraction of sp³-hybridized carbons (Fsp3) is 0.639. The van der Waals surface area contributed by atoms with Gasteiger partial charge in [0.15, 0.2) is 12.2 Å². The summed E-state index contributed by atoms with van der Waals surface area (Å²) in [6.45, 7) is 4.37. The van der Waals surface area contributed by atoms with E-state index in [4.69, 9.17) is 37.0 Å². The Morgan fingerprint density at radius 3 is 0.863 bits per heavy atom. The summed E-state index contributed by atoms with van der Waals surface area (Å²) >= 11 is 0. The van der Waals surface area contributed by atoms with Crippen LogP contribution in [0.25, 0.3) is 0 Å². The summed E-state index contributed by atoms with van der Waals surface area (Å²) in [6.07, 6.45) is 85.4. The molecule has 0 radical (unpaired) electrons. The zero-order chi connectivity index (χ0) is 74.6. The number of aliphatic hydroxyl groups is 1. The Morgan fingerprint density at radius 1 is 0.284 bits per heavy atom. The molecule has 5 atom stereocenters. The lowest BCUT2D eigenvalue weighted by Crippen LogP contribution is -2.30. The van der Waals surface area contributed by atoms with E-state index in [1.54, 1.807) is 0 Å². The second-order valence-electron chi connectivity index (χ2n) is 25.2. The first-order chi connectivity index (χ1) is 49.7. The van der Waals surface area contributed by atoms with Crippen LogP contribution in [0.4, 0.5) is 0 Å². The van der Waals surface area contributed by atoms with Crippen molar-refractivity contribution >= 4 is 39.5 Å². The zero-order valence-corrected chi connectivity index (χ0v) is 65.0. The number of esters is 4. The van der Waals surface area contributed by atoms with Crippen molar-refractivity contribution in [1.82, 2.24) is 0 Å². The minimum Gasteiger partial charge on any atom is -0.462 e. The minimum absolute atomic E-state index is 0.0266. The van der Waals surface area contributed by atoms with Gasteiger partial charge in [0, 0.05) is 25.7 Å². The van der Waals surface area contributed by atoms with Gasteiger partial charge in [-0.25, -0.2) is 9.13 Å². The van der Waals surface area contributed by atoms with Gasteiger partial charge in [-0.05, 0) is 135 Å². The van der Waals surface area contributed by atoms with Crippen LogP contribution in [0.15, 0.2) is 158 Å². The van der Waals surface area contributed by atoms with Gasteiger partial charge < -0.3 is 33.8 Å². The summed E-state index contributed by atoms with van der Waals surface area (Å²) in [6, 6.07) is 0. The van der Waals surface area contributed by atoms with Crippen LogP contribution in [0, 0.1) is 0 Å². The first-order valence-electron chi connectivity index (χ1n) is 38.7. The van der Waals surface area contributed by atoms with E-state index in [1.165, 1.54) is 51.4 Å². The average molecular weight is 1470 g/mol. The lowest BCUT2D eigenvalue weighted by atomic mass is 10.0. The fourth-order valence-electron chi connectivity index (χ4n) is 9.72. The molecule has 0 spiro atoms. The van der Waals surface area contributed by atoms with Crippen molar-refractivity contribution in [3.05, 3.63) is 158 Å². The molecule has 0 aliphatic heterocycles. The molecule has 0 aromatic carbocycles. The highest BCUT2D eigenvalue weighted by Crippen LogP contribution is 2.45. The minimum atomic E-state index is -5.00. The smallest absolute Gasteiger partial charge is 0.462 e. The van der Waals surface area contributed by atoms with Crippen LogP contribution in [0.1, 0.15) is 285 Å². The number of aliphatic hydroxyl groups excluding tert-OH is 1. The summed E-state index contributed by atoms with van der Waals surface area (Å²) in [5.74, 6) is -2.35. The van der Waals surface area contributed by atoms with Crippen molar-refractivity contribution in [2.24, 2.45) is 0 Å². The predicted octanol–water partition coefficient (Wildman–Crippen LogP) is 22.4. The van der Waals surface area contributed by atoms with Gasteiger partial charge in [-0.3, -0.25) is 37.3 Å². The third-order valence-electron chi connectivity index (χ3n) is 15.5. The number of hydrogen-bond acceptors (Lipinski definition) is 15. The Morgan fingerprint density at radius 2 is 0.529 bits per heavy atom. The van der Waals surface area contributed by atoms with E-state index < -0.39 is 97.5 Å². The second-order valence-corrected chi connectivity index (χ2v) is 28.1. The number of rotatable bonds is 71. The Kier molecular flexibility index (Phi) is 70.1. The van der Waals surface area contributed by atoms with E-state index >= 15 is 0 Å². The summed E-state index contributed by atoms with van der Waals surface area (Å²) < 4.78 is 68.4. The molecule has 19 heteroatoms. The van der Waals surface area contributed by atoms with E-state index in [-0.39, 0.29) is 25.7 Å². The van der Waals surface area contributed by atoms with Gasteiger partial charge in [0.1, 0.15) is 19.3 Å². The maximum absolute atomic E-state index is 13.1. The van der Waals surface area contributed by atoms with E-state index in [0.29, 0.717) is 32.1 Å². The molecular weight excluding hydrogens is 1330 g/mol. The monoisotopic (exact) mass is 1470 g/mol. The van der Waals surface area contributed by atoms with Gasteiger partial charge in [-0.2, -0.15) is 0 Å². The third-order valence-corrected chi connectivity index (χ3v) is 17.4. The van der Waals surface area contributed by atoms with Crippen LogP contribution in [0.2, 0.25) is 0 Å². The maximum Gasteiger partial charge on any atom is 0.472 e. The molecular formula is C83H136O17P2. The largest absolute Gasteiger partial charge is 0.472 e. The number of carbonyl (C=O) groups is 4. The molecule has 3 N–H and O–H groups in total. The van der Waals surface area contributed by atoms with Crippen molar-refractivity contribution in [2.45, 2.75) is 303 Å². The van der Waals surface area contributed by atoms with Crippen molar-refractivity contribution in [3.63, 3.8) is 0 Å². The summed E-state index contributed by atoms with van der Waals surface area (Å²) in [7, 11) is -10.00. The van der Waals surface area contributed by atoms with Crippen LogP contribution in [-0.2, 0) is 65.4 Å². The molecule has 0 heterocycles.